The van der Waals surface area contributed by atoms with Crippen molar-refractivity contribution in [3.05, 3.63) is 22.4 Å². The van der Waals surface area contributed by atoms with Crippen molar-refractivity contribution in [1.29, 1.82) is 0 Å². The molecule has 0 radical (unpaired) electrons. The van der Waals surface area contributed by atoms with Crippen molar-refractivity contribution >= 4 is 29.7 Å². The van der Waals surface area contributed by atoms with Crippen molar-refractivity contribution in [3.63, 3.8) is 0 Å². The predicted molar refractivity (Wildman–Crippen MR) is 81.6 cm³/mol. The average molecular weight is 304 g/mol. The van der Waals surface area contributed by atoms with Gasteiger partial charge in [-0.1, -0.05) is 0 Å². The third kappa shape index (κ3) is 5.10. The molecule has 0 spiro atoms. The van der Waals surface area contributed by atoms with Crippen LogP contribution < -0.4 is 11.1 Å². The maximum absolute atomic E-state index is 11.9. The monoisotopic (exact) mass is 303 g/mol. The molecule has 4 nitrogen and oxygen atoms in total. The van der Waals surface area contributed by atoms with Crippen LogP contribution in [-0.2, 0) is 11.3 Å². The molecule has 1 aromatic rings. The highest BCUT2D eigenvalue weighted by atomic mass is 35.5. The van der Waals surface area contributed by atoms with Crippen LogP contribution >= 0.6 is 23.7 Å². The van der Waals surface area contributed by atoms with Crippen LogP contribution in [0.15, 0.2) is 16.8 Å². The van der Waals surface area contributed by atoms with Crippen LogP contribution in [0, 0.1) is 5.92 Å². The van der Waals surface area contributed by atoms with Crippen LogP contribution in [0.3, 0.4) is 0 Å². The number of nitrogens with two attached hydrogens (primary N) is 1. The predicted octanol–water partition coefficient (Wildman–Crippen LogP) is 1.46. The van der Waals surface area contributed by atoms with Crippen LogP contribution in [-0.4, -0.2) is 37.0 Å². The molecule has 6 heteroatoms. The van der Waals surface area contributed by atoms with Crippen molar-refractivity contribution in [2.24, 2.45) is 11.7 Å². The first-order valence-corrected chi connectivity index (χ1v) is 7.45. The molecule has 108 valence electrons. The second kappa shape index (κ2) is 8.53. The highest BCUT2D eigenvalue weighted by molar-refractivity contribution is 7.07. The van der Waals surface area contributed by atoms with Crippen molar-refractivity contribution in [2.75, 3.05) is 26.2 Å². The number of hydrogen-bond donors (Lipinski definition) is 2. The van der Waals surface area contributed by atoms with Crippen LogP contribution in [0.1, 0.15) is 18.4 Å². The highest BCUT2D eigenvalue weighted by Crippen LogP contribution is 2.19. The van der Waals surface area contributed by atoms with E-state index >= 15 is 0 Å². The standard InChI is InChI=1S/C13H21N3OS.ClH/c14-4-5-15-13(17)12-2-1-6-16(9-12)8-11-3-7-18-10-11;/h3,7,10,12H,1-2,4-6,8-9,14H2,(H,15,17);1H. The van der Waals surface area contributed by atoms with Crippen molar-refractivity contribution in [2.45, 2.75) is 19.4 Å². The lowest BCUT2D eigenvalue weighted by molar-refractivity contribution is -0.126. The Morgan fingerprint density at radius 1 is 1.58 bits per heavy atom. The number of hydrogen-bond acceptors (Lipinski definition) is 4. The molecule has 19 heavy (non-hydrogen) atoms. The lowest BCUT2D eigenvalue weighted by Crippen LogP contribution is -2.43. The molecule has 0 saturated carbocycles. The molecule has 1 atom stereocenters. The maximum Gasteiger partial charge on any atom is 0.224 e. The van der Waals surface area contributed by atoms with Gasteiger partial charge in [0.2, 0.25) is 5.91 Å². The molecule has 2 rings (SSSR count). The third-order valence-electron chi connectivity index (χ3n) is 3.31. The van der Waals surface area contributed by atoms with Gasteiger partial charge < -0.3 is 11.1 Å². The summed E-state index contributed by atoms with van der Waals surface area (Å²) in [5.41, 5.74) is 6.75. The molecule has 1 fully saturated rings. The number of nitrogens with one attached hydrogen (secondary N) is 1. The van der Waals surface area contributed by atoms with E-state index in [1.807, 2.05) is 0 Å². The zero-order valence-corrected chi connectivity index (χ0v) is 12.6. The van der Waals surface area contributed by atoms with Crippen LogP contribution in [0.5, 0.6) is 0 Å². The summed E-state index contributed by atoms with van der Waals surface area (Å²) in [7, 11) is 0. The molecule has 1 amide bonds. The summed E-state index contributed by atoms with van der Waals surface area (Å²) in [6.45, 7) is 4.02. The van der Waals surface area contributed by atoms with E-state index in [9.17, 15) is 4.79 Å². The van der Waals surface area contributed by atoms with E-state index in [2.05, 4.69) is 27.0 Å². The Morgan fingerprint density at radius 3 is 3.11 bits per heavy atom. The van der Waals surface area contributed by atoms with Crippen molar-refractivity contribution in [3.8, 4) is 0 Å². The minimum atomic E-state index is 0. The molecule has 1 aliphatic rings. The Labute approximate surface area is 124 Å². The van der Waals surface area contributed by atoms with Gasteiger partial charge in [-0.2, -0.15) is 11.3 Å². The second-order valence-corrected chi connectivity index (χ2v) is 5.57. The second-order valence-electron chi connectivity index (χ2n) is 4.79. The summed E-state index contributed by atoms with van der Waals surface area (Å²) in [5.74, 6) is 0.291. The van der Waals surface area contributed by atoms with Crippen LogP contribution in [0.2, 0.25) is 0 Å². The molecule has 0 aromatic carbocycles. The van der Waals surface area contributed by atoms with Crippen molar-refractivity contribution < 1.29 is 4.79 Å². The van der Waals surface area contributed by atoms with Gasteiger partial charge in [-0.25, -0.2) is 0 Å². The normalized spacial score (nSPS) is 19.7. The molecule has 2 heterocycles. The molecule has 3 N–H and O–H groups in total. The smallest absolute Gasteiger partial charge is 0.224 e. The summed E-state index contributed by atoms with van der Waals surface area (Å²) in [6.07, 6.45) is 2.10. The average Bonchev–Trinajstić information content (AvgIpc) is 2.89. The first-order valence-electron chi connectivity index (χ1n) is 6.51. The molecule has 1 aromatic heterocycles. The number of piperidine rings is 1. The zero-order chi connectivity index (χ0) is 12.8. The Bertz CT molecular complexity index is 372. The Balaban J connectivity index is 0.00000180. The fraction of sp³-hybridized carbons (Fsp3) is 0.615. The summed E-state index contributed by atoms with van der Waals surface area (Å²) >= 11 is 1.73. The first-order chi connectivity index (χ1) is 8.79. The van der Waals surface area contributed by atoms with E-state index in [4.69, 9.17) is 5.73 Å². The first kappa shape index (κ1) is 16.4. The third-order valence-corrected chi connectivity index (χ3v) is 4.04. The van der Waals surface area contributed by atoms with E-state index in [1.165, 1.54) is 5.56 Å². The zero-order valence-electron chi connectivity index (χ0n) is 11.0. The molecule has 0 bridgehead atoms. The molecule has 1 saturated heterocycles. The van der Waals surface area contributed by atoms with Gasteiger partial charge >= 0.3 is 0 Å². The number of carbonyl (C=O) groups excluding carboxylic acids is 1. The van der Waals surface area contributed by atoms with E-state index in [0.717, 1.165) is 32.5 Å². The van der Waals surface area contributed by atoms with E-state index in [0.29, 0.717) is 13.1 Å². The molecule has 1 aliphatic heterocycles. The van der Waals surface area contributed by atoms with E-state index < -0.39 is 0 Å². The quantitative estimate of drug-likeness (QED) is 0.866. The fourth-order valence-electron chi connectivity index (χ4n) is 2.39. The number of thiophene rings is 1. The van der Waals surface area contributed by atoms with Gasteiger partial charge in [0.15, 0.2) is 0 Å². The van der Waals surface area contributed by atoms with Gasteiger partial charge in [-0.05, 0) is 41.8 Å². The summed E-state index contributed by atoms with van der Waals surface area (Å²) in [6, 6.07) is 2.16. The minimum Gasteiger partial charge on any atom is -0.355 e. The van der Waals surface area contributed by atoms with Gasteiger partial charge in [-0.15, -0.1) is 12.4 Å². The fourth-order valence-corrected chi connectivity index (χ4v) is 3.05. The Hall–Kier alpha value is -0.620. The van der Waals surface area contributed by atoms with Gasteiger partial charge in [0.05, 0.1) is 5.92 Å². The van der Waals surface area contributed by atoms with Gasteiger partial charge in [0, 0.05) is 26.2 Å². The summed E-state index contributed by atoms with van der Waals surface area (Å²) < 4.78 is 0. The highest BCUT2D eigenvalue weighted by Gasteiger charge is 2.25. The topological polar surface area (TPSA) is 58.4 Å². The number of nitrogens with zero attached hydrogens (tertiary/aromatic N) is 1. The lowest BCUT2D eigenvalue weighted by Gasteiger charge is -2.31. The molecular weight excluding hydrogens is 282 g/mol. The number of halogens is 1. The van der Waals surface area contributed by atoms with Gasteiger partial charge in [0.25, 0.3) is 0 Å². The Morgan fingerprint density at radius 2 is 2.42 bits per heavy atom. The SMILES string of the molecule is Cl.NCCNC(=O)C1CCCN(Cc2ccsc2)C1. The maximum atomic E-state index is 11.9. The molecule has 0 aliphatic carbocycles. The van der Waals surface area contributed by atoms with Crippen molar-refractivity contribution in [1.82, 2.24) is 10.2 Å². The summed E-state index contributed by atoms with van der Waals surface area (Å²) in [4.78, 5) is 14.3. The number of carbonyl (C=O) groups is 1. The Kier molecular flexibility index (Phi) is 7.38. The summed E-state index contributed by atoms with van der Waals surface area (Å²) in [5, 5.41) is 7.17. The van der Waals surface area contributed by atoms with Gasteiger partial charge in [0.1, 0.15) is 0 Å². The molecule has 1 unspecified atom stereocenters. The number of amides is 1. The number of likely N-dealkylation sites (tertiary alicyclic amines) is 1. The van der Waals surface area contributed by atoms with E-state index in [-0.39, 0.29) is 24.2 Å². The number of rotatable bonds is 5. The minimum absolute atomic E-state index is 0. The van der Waals surface area contributed by atoms with Gasteiger partial charge in [-0.3, -0.25) is 9.69 Å². The lowest BCUT2D eigenvalue weighted by atomic mass is 9.97. The van der Waals surface area contributed by atoms with Crippen LogP contribution in [0.25, 0.3) is 0 Å². The molecular formula is C13H22ClN3OS. The van der Waals surface area contributed by atoms with E-state index in [1.54, 1.807) is 11.3 Å². The largest absolute Gasteiger partial charge is 0.355 e. The van der Waals surface area contributed by atoms with Crippen LogP contribution in [0.4, 0.5) is 0 Å².